The molecule has 0 aromatic carbocycles. The summed E-state index contributed by atoms with van der Waals surface area (Å²) >= 11 is 0. The van der Waals surface area contributed by atoms with Gasteiger partial charge in [-0.15, -0.1) is 0 Å². The Bertz CT molecular complexity index is 339. The van der Waals surface area contributed by atoms with Crippen LogP contribution in [-0.2, 0) is 0 Å². The predicted molar refractivity (Wildman–Crippen MR) is 63.1 cm³/mol. The Morgan fingerprint density at radius 2 is 2.14 bits per heavy atom. The van der Waals surface area contributed by atoms with E-state index in [0.29, 0.717) is 5.92 Å². The van der Waals surface area contributed by atoms with Gasteiger partial charge >= 0.3 is 0 Å². The highest BCUT2D eigenvalue weighted by Crippen LogP contribution is 2.25. The summed E-state index contributed by atoms with van der Waals surface area (Å²) in [6.45, 7) is 12.0. The summed E-state index contributed by atoms with van der Waals surface area (Å²) in [4.78, 5) is 4.26. The van der Waals surface area contributed by atoms with Gasteiger partial charge in [-0.25, -0.2) is 0 Å². The van der Waals surface area contributed by atoms with Gasteiger partial charge in [-0.1, -0.05) is 33.1 Å². The molecule has 0 aliphatic rings. The number of rotatable bonds is 4. The minimum Gasteiger partial charge on any atom is -0.256 e. The van der Waals surface area contributed by atoms with Crippen LogP contribution in [0.4, 0.5) is 0 Å². The van der Waals surface area contributed by atoms with Crippen LogP contribution in [0.3, 0.4) is 0 Å². The van der Waals surface area contributed by atoms with Crippen LogP contribution in [0.1, 0.15) is 43.0 Å². The molecule has 0 aliphatic heterocycles. The van der Waals surface area contributed by atoms with Crippen molar-refractivity contribution in [2.24, 2.45) is 0 Å². The maximum absolute atomic E-state index is 4.26. The van der Waals surface area contributed by atoms with Gasteiger partial charge in [0.1, 0.15) is 0 Å². The molecule has 0 saturated heterocycles. The fourth-order valence-electron chi connectivity index (χ4n) is 1.54. The van der Waals surface area contributed by atoms with Gasteiger partial charge in [0.25, 0.3) is 0 Å². The Kier molecular flexibility index (Phi) is 3.63. The maximum atomic E-state index is 4.26. The zero-order valence-corrected chi connectivity index (χ0v) is 8.96. The van der Waals surface area contributed by atoms with Gasteiger partial charge in [-0.2, -0.15) is 0 Å². The summed E-state index contributed by atoms with van der Waals surface area (Å²) < 4.78 is 0. The van der Waals surface area contributed by atoms with E-state index in [9.17, 15) is 0 Å². The Hall–Kier alpha value is -1.37. The van der Waals surface area contributed by atoms with Crippen molar-refractivity contribution in [3.05, 3.63) is 42.2 Å². The lowest BCUT2D eigenvalue weighted by Crippen LogP contribution is -1.98. The fraction of sp³-hybridized carbons (Fsp3) is 0.308. The summed E-state index contributed by atoms with van der Waals surface area (Å²) in [6.07, 6.45) is 6.61. The third-order valence-electron chi connectivity index (χ3n) is 2.60. The molecule has 0 bridgehead atoms. The van der Waals surface area contributed by atoms with Gasteiger partial charge < -0.3 is 0 Å². The molecule has 0 aliphatic carbocycles. The van der Waals surface area contributed by atoms with Gasteiger partial charge in [0.15, 0.2) is 0 Å². The van der Waals surface area contributed by atoms with Crippen molar-refractivity contribution in [3.63, 3.8) is 0 Å². The van der Waals surface area contributed by atoms with E-state index in [1.807, 2.05) is 12.3 Å². The highest BCUT2D eigenvalue weighted by Gasteiger charge is 2.09. The highest BCUT2D eigenvalue weighted by molar-refractivity contribution is 5.63. The quantitative estimate of drug-likeness (QED) is 0.697. The SMILES string of the molecule is C=Cc1nccc(C(C)CC)c1C=C. The van der Waals surface area contributed by atoms with Crippen LogP contribution in [-0.4, -0.2) is 4.98 Å². The molecule has 14 heavy (non-hydrogen) atoms. The minimum absolute atomic E-state index is 0.546. The molecule has 0 radical (unpaired) electrons. The van der Waals surface area contributed by atoms with Crippen LogP contribution < -0.4 is 0 Å². The fourth-order valence-corrected chi connectivity index (χ4v) is 1.54. The lowest BCUT2D eigenvalue weighted by molar-refractivity contribution is 0.730. The number of pyridine rings is 1. The van der Waals surface area contributed by atoms with Crippen molar-refractivity contribution in [2.75, 3.05) is 0 Å². The molecule has 1 heteroatoms. The lowest BCUT2D eigenvalue weighted by atomic mass is 9.93. The van der Waals surface area contributed by atoms with E-state index in [2.05, 4.69) is 38.1 Å². The first kappa shape index (κ1) is 10.7. The second-order valence-corrected chi connectivity index (χ2v) is 3.42. The summed E-state index contributed by atoms with van der Waals surface area (Å²) in [5.74, 6) is 0.546. The zero-order chi connectivity index (χ0) is 10.6. The van der Waals surface area contributed by atoms with Gasteiger partial charge in [0.2, 0.25) is 0 Å². The van der Waals surface area contributed by atoms with Gasteiger partial charge in [0.05, 0.1) is 5.69 Å². The van der Waals surface area contributed by atoms with Crippen LogP contribution in [0.15, 0.2) is 25.4 Å². The first-order valence-electron chi connectivity index (χ1n) is 4.98. The average Bonchev–Trinajstić information content (AvgIpc) is 2.26. The van der Waals surface area contributed by atoms with E-state index in [0.717, 1.165) is 17.7 Å². The highest BCUT2D eigenvalue weighted by atomic mass is 14.7. The van der Waals surface area contributed by atoms with Crippen LogP contribution in [0, 0.1) is 0 Å². The van der Waals surface area contributed by atoms with Crippen LogP contribution in [0.2, 0.25) is 0 Å². The topological polar surface area (TPSA) is 12.9 Å². The van der Waals surface area contributed by atoms with Crippen LogP contribution in [0.5, 0.6) is 0 Å². The number of hydrogen-bond acceptors (Lipinski definition) is 1. The second-order valence-electron chi connectivity index (χ2n) is 3.42. The molecule has 0 N–H and O–H groups in total. The summed E-state index contributed by atoms with van der Waals surface area (Å²) in [5.41, 5.74) is 3.36. The largest absolute Gasteiger partial charge is 0.256 e. The second kappa shape index (κ2) is 4.75. The molecule has 1 nitrogen and oxygen atoms in total. The maximum Gasteiger partial charge on any atom is 0.0698 e. The van der Waals surface area contributed by atoms with Crippen molar-refractivity contribution in [1.29, 1.82) is 0 Å². The molecule has 1 heterocycles. The van der Waals surface area contributed by atoms with Crippen molar-refractivity contribution in [1.82, 2.24) is 4.98 Å². The average molecular weight is 187 g/mol. The van der Waals surface area contributed by atoms with Gasteiger partial charge in [-0.05, 0) is 30.0 Å². The lowest BCUT2D eigenvalue weighted by Gasteiger charge is -2.13. The standard InChI is InChI=1S/C13H17N/c1-5-10(4)12-8-9-14-13(7-3)11(12)6-2/h6-10H,2-3,5H2,1,4H3. The van der Waals surface area contributed by atoms with Crippen molar-refractivity contribution >= 4 is 12.2 Å². The molecule has 74 valence electrons. The van der Waals surface area contributed by atoms with Crippen molar-refractivity contribution in [3.8, 4) is 0 Å². The Morgan fingerprint density at radius 3 is 2.64 bits per heavy atom. The predicted octanol–water partition coefficient (Wildman–Crippen LogP) is 3.88. The number of hydrogen-bond donors (Lipinski definition) is 0. The molecular formula is C13H17N. The normalized spacial score (nSPS) is 12.1. The molecule has 1 rings (SSSR count). The zero-order valence-electron chi connectivity index (χ0n) is 8.96. The molecule has 1 aromatic heterocycles. The van der Waals surface area contributed by atoms with Crippen LogP contribution in [0.25, 0.3) is 12.2 Å². The van der Waals surface area contributed by atoms with Gasteiger partial charge in [0, 0.05) is 11.8 Å². The number of aromatic nitrogens is 1. The van der Waals surface area contributed by atoms with E-state index < -0.39 is 0 Å². The van der Waals surface area contributed by atoms with Crippen LogP contribution >= 0.6 is 0 Å². The minimum atomic E-state index is 0.546. The molecule has 0 spiro atoms. The van der Waals surface area contributed by atoms with Crippen molar-refractivity contribution in [2.45, 2.75) is 26.2 Å². The molecule has 0 amide bonds. The number of nitrogens with zero attached hydrogens (tertiary/aromatic N) is 1. The summed E-state index contributed by atoms with van der Waals surface area (Å²) in [5, 5.41) is 0. The van der Waals surface area contributed by atoms with Gasteiger partial charge in [-0.3, -0.25) is 4.98 Å². The van der Waals surface area contributed by atoms with E-state index in [-0.39, 0.29) is 0 Å². The van der Waals surface area contributed by atoms with Crippen molar-refractivity contribution < 1.29 is 0 Å². The third-order valence-corrected chi connectivity index (χ3v) is 2.60. The molecular weight excluding hydrogens is 170 g/mol. The molecule has 1 unspecified atom stereocenters. The first-order chi connectivity index (χ1) is 6.74. The Balaban J connectivity index is 3.28. The smallest absolute Gasteiger partial charge is 0.0698 e. The first-order valence-corrected chi connectivity index (χ1v) is 4.98. The summed E-state index contributed by atoms with van der Waals surface area (Å²) in [6, 6.07) is 2.07. The molecule has 0 fully saturated rings. The van der Waals surface area contributed by atoms with E-state index in [1.54, 1.807) is 6.08 Å². The monoisotopic (exact) mass is 187 g/mol. The molecule has 1 atom stereocenters. The Morgan fingerprint density at radius 1 is 1.43 bits per heavy atom. The van der Waals surface area contributed by atoms with E-state index in [1.165, 1.54) is 5.56 Å². The third kappa shape index (κ3) is 1.92. The molecule has 1 aromatic rings. The molecule has 0 saturated carbocycles. The van der Waals surface area contributed by atoms with E-state index >= 15 is 0 Å². The Labute approximate surface area is 86.2 Å². The summed E-state index contributed by atoms with van der Waals surface area (Å²) in [7, 11) is 0. The van der Waals surface area contributed by atoms with E-state index in [4.69, 9.17) is 0 Å².